The fraction of sp³-hybridized carbons (Fsp3) is 0.360. The second kappa shape index (κ2) is 8.03. The number of rotatable bonds is 8. The van der Waals surface area contributed by atoms with Crippen LogP contribution in [0, 0.1) is 0 Å². The van der Waals surface area contributed by atoms with E-state index in [0.29, 0.717) is 17.7 Å². The molecule has 0 aliphatic heterocycles. The van der Waals surface area contributed by atoms with E-state index in [4.69, 9.17) is 4.98 Å². The Labute approximate surface area is 197 Å². The van der Waals surface area contributed by atoms with Crippen molar-refractivity contribution >= 4 is 28.8 Å². The third-order valence-corrected chi connectivity index (χ3v) is 6.73. The van der Waals surface area contributed by atoms with Gasteiger partial charge < -0.3 is 10.4 Å². The highest BCUT2D eigenvalue weighted by Gasteiger charge is 2.42. The van der Waals surface area contributed by atoms with Crippen LogP contribution in [0.3, 0.4) is 0 Å². The zero-order chi connectivity index (χ0) is 23.3. The molecule has 2 fully saturated rings. The van der Waals surface area contributed by atoms with Crippen LogP contribution in [0.1, 0.15) is 49.0 Å². The van der Waals surface area contributed by atoms with Crippen LogP contribution in [0.25, 0.3) is 22.3 Å². The second-order valence-electron chi connectivity index (χ2n) is 9.35. The smallest absolute Gasteiger partial charge is 0.225 e. The van der Waals surface area contributed by atoms with Crippen molar-refractivity contribution in [3.05, 3.63) is 53.7 Å². The zero-order valence-corrected chi connectivity index (χ0v) is 19.3. The van der Waals surface area contributed by atoms with Crippen molar-refractivity contribution in [3.8, 4) is 11.4 Å². The van der Waals surface area contributed by atoms with Gasteiger partial charge >= 0.3 is 0 Å². The average molecular weight is 457 g/mol. The summed E-state index contributed by atoms with van der Waals surface area (Å²) in [6.45, 7) is 0. The summed E-state index contributed by atoms with van der Waals surface area (Å²) in [7, 11) is 3.65. The molecule has 0 amide bonds. The number of aromatic nitrogens is 5. The molecule has 0 radical (unpaired) electrons. The van der Waals surface area contributed by atoms with Gasteiger partial charge in [-0.2, -0.15) is 10.1 Å². The Morgan fingerprint density at radius 1 is 1.21 bits per heavy atom. The predicted molar refractivity (Wildman–Crippen MR) is 132 cm³/mol. The molecule has 2 aromatic heterocycles. The van der Waals surface area contributed by atoms with Gasteiger partial charge in [-0.3, -0.25) is 15.4 Å². The van der Waals surface area contributed by atoms with Crippen LogP contribution in [-0.4, -0.2) is 48.9 Å². The standard InChI is InChI=1S/C25H28N8O/c1-26-14-25(11-12-25)30-23(34)17-7-5-16(6-8-17)22-29-24(33(2)32-22)28-20-10-9-19-18(13-27-31-19)21(20)15-3-4-15/h5-10,13-15,23,30,34H,3-4,11-12H2,1-2H3,(H,27,31)(H,28,29,32)/b26-14-. The number of aliphatic hydroxyl groups is 1. The summed E-state index contributed by atoms with van der Waals surface area (Å²) < 4.78 is 1.76. The quantitative estimate of drug-likeness (QED) is 0.237. The predicted octanol–water partition coefficient (Wildman–Crippen LogP) is 3.79. The molecule has 2 aliphatic rings. The van der Waals surface area contributed by atoms with E-state index in [1.807, 2.05) is 49.8 Å². The van der Waals surface area contributed by atoms with E-state index in [1.165, 1.54) is 18.4 Å². The molecule has 1 atom stereocenters. The van der Waals surface area contributed by atoms with Gasteiger partial charge in [0.1, 0.15) is 6.23 Å². The summed E-state index contributed by atoms with van der Waals surface area (Å²) in [5.41, 5.74) is 4.92. The van der Waals surface area contributed by atoms with Crippen molar-refractivity contribution in [1.82, 2.24) is 30.3 Å². The van der Waals surface area contributed by atoms with Crippen molar-refractivity contribution in [2.75, 3.05) is 12.4 Å². The lowest BCUT2D eigenvalue weighted by atomic mass is 10.0. The van der Waals surface area contributed by atoms with Gasteiger partial charge in [0.2, 0.25) is 5.95 Å². The number of nitrogens with zero attached hydrogens (tertiary/aromatic N) is 5. The first-order valence-corrected chi connectivity index (χ1v) is 11.7. The number of fused-ring (bicyclic) bond motifs is 1. The van der Waals surface area contributed by atoms with Gasteiger partial charge in [0.15, 0.2) is 5.82 Å². The van der Waals surface area contributed by atoms with Crippen LogP contribution in [0.5, 0.6) is 0 Å². The summed E-state index contributed by atoms with van der Waals surface area (Å²) in [4.78, 5) is 8.87. The molecule has 2 aliphatic carbocycles. The minimum absolute atomic E-state index is 0.172. The molecule has 9 nitrogen and oxygen atoms in total. The number of H-pyrrole nitrogens is 1. The van der Waals surface area contributed by atoms with Gasteiger partial charge in [0.25, 0.3) is 0 Å². The number of hydrogen-bond acceptors (Lipinski definition) is 7. The first-order chi connectivity index (χ1) is 16.5. The number of hydrogen-bond donors (Lipinski definition) is 4. The summed E-state index contributed by atoms with van der Waals surface area (Å²) >= 11 is 0. The number of aliphatic imine (C=N–C) groups is 1. The highest BCUT2D eigenvalue weighted by atomic mass is 16.3. The van der Waals surface area contributed by atoms with Gasteiger partial charge in [-0.15, -0.1) is 5.10 Å². The molecular formula is C25H28N8O. The Morgan fingerprint density at radius 2 is 2.00 bits per heavy atom. The SMILES string of the molecule is C/N=C\C1(NC(O)c2ccc(-c3nc(Nc4ccc5[nH]ncc5c4C4CC4)n(C)n3)cc2)CC1. The zero-order valence-electron chi connectivity index (χ0n) is 19.3. The highest BCUT2D eigenvalue weighted by molar-refractivity contribution is 5.89. The van der Waals surface area contributed by atoms with Crippen molar-refractivity contribution in [2.24, 2.45) is 12.0 Å². The van der Waals surface area contributed by atoms with E-state index in [9.17, 15) is 5.11 Å². The molecule has 2 heterocycles. The van der Waals surface area contributed by atoms with E-state index in [-0.39, 0.29) is 5.54 Å². The molecule has 4 N–H and O–H groups in total. The molecule has 2 aromatic carbocycles. The van der Waals surface area contributed by atoms with Gasteiger partial charge in [0.05, 0.1) is 17.3 Å². The number of benzene rings is 2. The second-order valence-corrected chi connectivity index (χ2v) is 9.35. The van der Waals surface area contributed by atoms with Crippen molar-refractivity contribution in [2.45, 2.75) is 43.4 Å². The van der Waals surface area contributed by atoms with Crippen LogP contribution in [0.4, 0.5) is 11.6 Å². The van der Waals surface area contributed by atoms with Crippen LogP contribution < -0.4 is 10.6 Å². The van der Waals surface area contributed by atoms with Gasteiger partial charge in [-0.05, 0) is 54.9 Å². The molecule has 6 rings (SSSR count). The maximum Gasteiger partial charge on any atom is 0.225 e. The summed E-state index contributed by atoms with van der Waals surface area (Å²) in [5, 5.41) is 30.4. The lowest BCUT2D eigenvalue weighted by molar-refractivity contribution is 0.130. The maximum absolute atomic E-state index is 10.6. The number of aliphatic hydroxyl groups excluding tert-OH is 1. The Morgan fingerprint density at radius 3 is 2.71 bits per heavy atom. The molecule has 0 saturated heterocycles. The largest absolute Gasteiger partial charge is 0.374 e. The topological polar surface area (TPSA) is 116 Å². The third kappa shape index (κ3) is 3.86. The summed E-state index contributed by atoms with van der Waals surface area (Å²) in [5.74, 6) is 1.87. The minimum Gasteiger partial charge on any atom is -0.374 e. The van der Waals surface area contributed by atoms with E-state index in [0.717, 1.165) is 40.6 Å². The maximum atomic E-state index is 10.6. The van der Waals surface area contributed by atoms with E-state index in [2.05, 4.69) is 37.0 Å². The molecule has 34 heavy (non-hydrogen) atoms. The molecule has 1 unspecified atom stereocenters. The van der Waals surface area contributed by atoms with Crippen LogP contribution in [0.2, 0.25) is 0 Å². The Hall–Kier alpha value is -3.56. The van der Waals surface area contributed by atoms with Gasteiger partial charge in [-0.1, -0.05) is 24.3 Å². The Kier molecular flexibility index (Phi) is 4.96. The molecule has 2 saturated carbocycles. The average Bonchev–Trinajstić information content (AvgIpc) is 3.73. The van der Waals surface area contributed by atoms with Gasteiger partial charge in [-0.25, -0.2) is 4.68 Å². The van der Waals surface area contributed by atoms with Crippen molar-refractivity contribution in [1.29, 1.82) is 0 Å². The molecule has 4 aromatic rings. The normalized spacial score (nSPS) is 18.0. The number of aromatic amines is 1. The van der Waals surface area contributed by atoms with Crippen molar-refractivity contribution in [3.63, 3.8) is 0 Å². The molecular weight excluding hydrogens is 428 g/mol. The molecule has 0 bridgehead atoms. The summed E-state index contributed by atoms with van der Waals surface area (Å²) in [6, 6.07) is 11.8. The fourth-order valence-electron chi connectivity index (χ4n) is 4.56. The van der Waals surface area contributed by atoms with Crippen molar-refractivity contribution < 1.29 is 5.11 Å². The lowest BCUT2D eigenvalue weighted by Crippen LogP contribution is -2.36. The first kappa shape index (κ1) is 21.0. The van der Waals surface area contributed by atoms with Crippen LogP contribution >= 0.6 is 0 Å². The monoisotopic (exact) mass is 456 g/mol. The van der Waals surface area contributed by atoms with Crippen LogP contribution in [-0.2, 0) is 7.05 Å². The first-order valence-electron chi connectivity index (χ1n) is 11.7. The number of anilines is 2. The highest BCUT2D eigenvalue weighted by Crippen LogP contribution is 2.47. The fourth-order valence-corrected chi connectivity index (χ4v) is 4.56. The Bertz CT molecular complexity index is 1360. The van der Waals surface area contributed by atoms with Gasteiger partial charge in [0, 0.05) is 36.9 Å². The third-order valence-electron chi connectivity index (χ3n) is 6.73. The van der Waals surface area contributed by atoms with E-state index in [1.54, 1.807) is 11.7 Å². The minimum atomic E-state index is -0.748. The number of nitrogens with one attached hydrogen (secondary N) is 3. The van der Waals surface area contributed by atoms with Crippen LogP contribution in [0.15, 0.2) is 47.6 Å². The summed E-state index contributed by atoms with van der Waals surface area (Å²) in [6.07, 6.45) is 7.41. The lowest BCUT2D eigenvalue weighted by Gasteiger charge is -2.18. The Balaban J connectivity index is 1.22. The van der Waals surface area contributed by atoms with E-state index >= 15 is 0 Å². The molecule has 9 heteroatoms. The molecule has 0 spiro atoms. The van der Waals surface area contributed by atoms with E-state index < -0.39 is 6.23 Å². The molecule has 174 valence electrons. The number of aryl methyl sites for hydroxylation is 1.